The number of carbonyl (C=O) groups excluding carboxylic acids is 2. The molecule has 1 unspecified atom stereocenters. The van der Waals surface area contributed by atoms with E-state index >= 15 is 0 Å². The molecule has 2 rings (SSSR count). The Morgan fingerprint density at radius 2 is 2.32 bits per heavy atom. The van der Waals surface area contributed by atoms with Crippen molar-refractivity contribution in [1.82, 2.24) is 15.6 Å². The molecule has 102 valence electrons. The van der Waals surface area contributed by atoms with Crippen LogP contribution in [0.25, 0.3) is 0 Å². The molecule has 1 atom stereocenters. The maximum Gasteiger partial charge on any atom is 0.251 e. The number of nitrogens with zero attached hydrogens (tertiary/aromatic N) is 1. The molecule has 2 heterocycles. The number of nitrogens with two attached hydrogens (primary N) is 1. The Morgan fingerprint density at radius 1 is 1.53 bits per heavy atom. The molecule has 0 radical (unpaired) electrons. The van der Waals surface area contributed by atoms with Gasteiger partial charge in [-0.1, -0.05) is 11.6 Å². The van der Waals surface area contributed by atoms with Crippen LogP contribution >= 0.6 is 11.6 Å². The van der Waals surface area contributed by atoms with Gasteiger partial charge in [-0.25, -0.2) is 10.8 Å². The fourth-order valence-corrected chi connectivity index (χ4v) is 2.04. The maximum atomic E-state index is 12.0. The zero-order valence-corrected chi connectivity index (χ0v) is 10.8. The van der Waals surface area contributed by atoms with E-state index in [0.717, 1.165) is 0 Å². The molecule has 0 aromatic carbocycles. The summed E-state index contributed by atoms with van der Waals surface area (Å²) in [5.41, 5.74) is 2.71. The van der Waals surface area contributed by atoms with Crippen LogP contribution in [-0.4, -0.2) is 29.4 Å². The van der Waals surface area contributed by atoms with Crippen LogP contribution in [0.5, 0.6) is 0 Å². The monoisotopic (exact) mass is 283 g/mol. The summed E-state index contributed by atoms with van der Waals surface area (Å²) < 4.78 is 0. The highest BCUT2D eigenvalue weighted by Gasteiger charge is 2.20. The van der Waals surface area contributed by atoms with Crippen molar-refractivity contribution in [3.8, 4) is 0 Å². The Labute approximate surface area is 114 Å². The summed E-state index contributed by atoms with van der Waals surface area (Å²) in [5, 5.41) is 5.70. The van der Waals surface area contributed by atoms with Crippen LogP contribution in [0.1, 0.15) is 23.2 Å². The third kappa shape index (κ3) is 3.55. The largest absolute Gasteiger partial charge is 0.354 e. The number of rotatable bonds is 3. The van der Waals surface area contributed by atoms with Crippen molar-refractivity contribution in [3.05, 3.63) is 22.8 Å². The summed E-state index contributed by atoms with van der Waals surface area (Å²) in [6, 6.07) is 2.88. The lowest BCUT2D eigenvalue weighted by Gasteiger charge is -2.23. The normalized spacial score (nSPS) is 18.6. The average molecular weight is 284 g/mol. The van der Waals surface area contributed by atoms with E-state index in [4.69, 9.17) is 17.4 Å². The van der Waals surface area contributed by atoms with E-state index in [9.17, 15) is 9.59 Å². The Bertz CT molecular complexity index is 498. The van der Waals surface area contributed by atoms with Crippen LogP contribution < -0.4 is 21.9 Å². The number of nitrogens with one attached hydrogen (secondary N) is 3. The van der Waals surface area contributed by atoms with Gasteiger partial charge in [0.2, 0.25) is 5.91 Å². The van der Waals surface area contributed by atoms with Crippen LogP contribution in [-0.2, 0) is 4.79 Å². The fourth-order valence-electron chi connectivity index (χ4n) is 1.83. The molecule has 0 saturated carbocycles. The van der Waals surface area contributed by atoms with Gasteiger partial charge in [-0.05, 0) is 18.6 Å². The number of pyridine rings is 1. The predicted molar refractivity (Wildman–Crippen MR) is 70.6 cm³/mol. The minimum Gasteiger partial charge on any atom is -0.354 e. The second-order valence-electron chi connectivity index (χ2n) is 4.22. The topological polar surface area (TPSA) is 109 Å². The second-order valence-corrected chi connectivity index (χ2v) is 4.61. The van der Waals surface area contributed by atoms with E-state index in [0.29, 0.717) is 30.8 Å². The molecule has 5 N–H and O–H groups in total. The van der Waals surface area contributed by atoms with E-state index in [1.54, 1.807) is 0 Å². The first-order valence-electron chi connectivity index (χ1n) is 5.80. The first-order valence-corrected chi connectivity index (χ1v) is 6.18. The average Bonchev–Trinajstić information content (AvgIpc) is 2.40. The van der Waals surface area contributed by atoms with E-state index in [-0.39, 0.29) is 23.0 Å². The molecule has 0 bridgehead atoms. The molecule has 1 aromatic heterocycles. The molecule has 1 saturated heterocycles. The highest BCUT2D eigenvalue weighted by molar-refractivity contribution is 6.29. The Morgan fingerprint density at radius 3 is 2.95 bits per heavy atom. The van der Waals surface area contributed by atoms with E-state index < -0.39 is 0 Å². The third-order valence-corrected chi connectivity index (χ3v) is 3.00. The fraction of sp³-hybridized carbons (Fsp3) is 0.364. The van der Waals surface area contributed by atoms with Crippen molar-refractivity contribution in [3.63, 3.8) is 0 Å². The number of anilines is 1. The smallest absolute Gasteiger partial charge is 0.251 e. The van der Waals surface area contributed by atoms with Crippen molar-refractivity contribution >= 4 is 29.2 Å². The van der Waals surface area contributed by atoms with Crippen molar-refractivity contribution < 1.29 is 9.59 Å². The van der Waals surface area contributed by atoms with Crippen LogP contribution in [0.2, 0.25) is 5.15 Å². The van der Waals surface area contributed by atoms with Gasteiger partial charge in [0.1, 0.15) is 11.0 Å². The van der Waals surface area contributed by atoms with Crippen molar-refractivity contribution in [1.29, 1.82) is 0 Å². The first-order chi connectivity index (χ1) is 9.08. The zero-order chi connectivity index (χ0) is 13.8. The molecule has 0 spiro atoms. The van der Waals surface area contributed by atoms with E-state index in [1.807, 2.05) is 0 Å². The maximum absolute atomic E-state index is 12.0. The molecule has 7 nitrogen and oxygen atoms in total. The quantitative estimate of drug-likeness (QED) is 0.355. The van der Waals surface area contributed by atoms with Crippen molar-refractivity contribution in [2.24, 2.45) is 5.84 Å². The van der Waals surface area contributed by atoms with Gasteiger partial charge in [-0.3, -0.25) is 9.59 Å². The Kier molecular flexibility index (Phi) is 4.18. The number of piperidine rings is 1. The number of halogens is 1. The summed E-state index contributed by atoms with van der Waals surface area (Å²) in [4.78, 5) is 26.9. The number of hydrogen-bond donors (Lipinski definition) is 4. The van der Waals surface area contributed by atoms with E-state index in [2.05, 4.69) is 21.0 Å². The van der Waals surface area contributed by atoms with Gasteiger partial charge in [0.05, 0.1) is 0 Å². The number of carbonyl (C=O) groups is 2. The van der Waals surface area contributed by atoms with Gasteiger partial charge in [0.25, 0.3) is 5.91 Å². The second kappa shape index (κ2) is 5.85. The summed E-state index contributed by atoms with van der Waals surface area (Å²) in [5.74, 6) is 5.28. The van der Waals surface area contributed by atoms with Crippen LogP contribution in [0.15, 0.2) is 12.1 Å². The molecule has 1 fully saturated rings. The summed E-state index contributed by atoms with van der Waals surface area (Å²) >= 11 is 5.79. The first kappa shape index (κ1) is 13.6. The lowest BCUT2D eigenvalue weighted by atomic mass is 10.1. The lowest BCUT2D eigenvalue weighted by Crippen LogP contribution is -2.47. The predicted octanol–water partition coefficient (Wildman–Crippen LogP) is 0.0290. The summed E-state index contributed by atoms with van der Waals surface area (Å²) in [7, 11) is 0. The van der Waals surface area contributed by atoms with Gasteiger partial charge in [-0.15, -0.1) is 0 Å². The number of amides is 2. The SMILES string of the molecule is NNc1cc(C(=O)NC2CCC(=O)NC2)cc(Cl)n1. The Hall–Kier alpha value is -1.86. The van der Waals surface area contributed by atoms with Gasteiger partial charge in [0.15, 0.2) is 0 Å². The molecule has 1 aromatic rings. The highest BCUT2D eigenvalue weighted by Crippen LogP contribution is 2.14. The third-order valence-electron chi connectivity index (χ3n) is 2.80. The standard InChI is InChI=1S/C11H14ClN5O2/c12-8-3-6(4-9(16-8)17-13)11(19)15-7-1-2-10(18)14-5-7/h3-4,7H,1-2,5,13H2,(H,14,18)(H,15,19)(H,16,17). The zero-order valence-electron chi connectivity index (χ0n) is 10.1. The van der Waals surface area contributed by atoms with Gasteiger partial charge in [0, 0.05) is 24.6 Å². The molecule has 0 aliphatic carbocycles. The molecule has 19 heavy (non-hydrogen) atoms. The van der Waals surface area contributed by atoms with Crippen LogP contribution in [0.3, 0.4) is 0 Å². The minimum atomic E-state index is -0.276. The number of hydrogen-bond acceptors (Lipinski definition) is 5. The molecular weight excluding hydrogens is 270 g/mol. The van der Waals surface area contributed by atoms with Crippen LogP contribution in [0.4, 0.5) is 5.82 Å². The minimum absolute atomic E-state index is 0.00655. The number of nitrogen functional groups attached to an aromatic ring is 1. The molecule has 2 amide bonds. The molecule has 8 heteroatoms. The van der Waals surface area contributed by atoms with Gasteiger partial charge in [-0.2, -0.15) is 0 Å². The molecule has 1 aliphatic rings. The number of aromatic nitrogens is 1. The summed E-state index contributed by atoms with van der Waals surface area (Å²) in [6.45, 7) is 0.436. The summed E-state index contributed by atoms with van der Waals surface area (Å²) in [6.07, 6.45) is 1.04. The van der Waals surface area contributed by atoms with Crippen molar-refractivity contribution in [2.75, 3.05) is 12.0 Å². The van der Waals surface area contributed by atoms with Gasteiger partial charge < -0.3 is 16.1 Å². The Balaban J connectivity index is 2.03. The van der Waals surface area contributed by atoms with Gasteiger partial charge >= 0.3 is 0 Å². The van der Waals surface area contributed by atoms with E-state index in [1.165, 1.54) is 12.1 Å². The lowest BCUT2D eigenvalue weighted by molar-refractivity contribution is -0.122. The molecule has 1 aliphatic heterocycles. The van der Waals surface area contributed by atoms with Crippen LogP contribution in [0, 0.1) is 0 Å². The number of hydrazine groups is 1. The van der Waals surface area contributed by atoms with Crippen molar-refractivity contribution in [2.45, 2.75) is 18.9 Å². The molecular formula is C11H14ClN5O2. The highest BCUT2D eigenvalue weighted by atomic mass is 35.5.